The minimum atomic E-state index is -1.27. The van der Waals surface area contributed by atoms with Gasteiger partial charge in [0.15, 0.2) is 0 Å². The molecule has 7 nitrogen and oxygen atoms in total. The molecule has 2 aromatic rings. The van der Waals surface area contributed by atoms with E-state index in [-0.39, 0.29) is 6.61 Å². The molecule has 0 aliphatic rings. The number of carboxylic acids is 1. The summed E-state index contributed by atoms with van der Waals surface area (Å²) in [4.78, 5) is 36.3. The highest BCUT2D eigenvalue weighted by atomic mass is 32.1. The first-order valence-electron chi connectivity index (χ1n) is 9.58. The molecular formula is C22H26N2O5S. The number of hydrogen-bond donors (Lipinski definition) is 5. The molecule has 0 saturated carbocycles. The predicted molar refractivity (Wildman–Crippen MR) is 116 cm³/mol. The number of aliphatic hydroxyl groups excluding tert-OH is 1. The zero-order valence-electron chi connectivity index (χ0n) is 16.4. The lowest BCUT2D eigenvalue weighted by Crippen LogP contribution is -2.53. The van der Waals surface area contributed by atoms with Gasteiger partial charge >= 0.3 is 5.97 Å². The number of thiol groups is 1. The van der Waals surface area contributed by atoms with Gasteiger partial charge in [-0.25, -0.2) is 0 Å². The highest BCUT2D eigenvalue weighted by Crippen LogP contribution is 2.09. The van der Waals surface area contributed by atoms with Gasteiger partial charge in [-0.1, -0.05) is 60.7 Å². The van der Waals surface area contributed by atoms with E-state index in [4.69, 9.17) is 5.11 Å². The molecule has 8 heteroatoms. The van der Waals surface area contributed by atoms with Gasteiger partial charge in [-0.15, -0.1) is 0 Å². The van der Waals surface area contributed by atoms with Crippen LogP contribution in [0.2, 0.25) is 0 Å². The van der Waals surface area contributed by atoms with Crippen molar-refractivity contribution in [1.29, 1.82) is 0 Å². The fourth-order valence-corrected chi connectivity index (χ4v) is 3.23. The molecule has 0 spiro atoms. The number of amides is 2. The molecule has 0 fully saturated rings. The smallest absolute Gasteiger partial charge is 0.305 e. The molecule has 3 unspecified atom stereocenters. The summed E-state index contributed by atoms with van der Waals surface area (Å²) in [7, 11) is 0. The quantitative estimate of drug-likeness (QED) is 0.344. The Morgan fingerprint density at radius 3 is 1.87 bits per heavy atom. The number of hydrogen-bond acceptors (Lipinski definition) is 5. The molecule has 2 aromatic carbocycles. The van der Waals surface area contributed by atoms with E-state index in [1.54, 1.807) is 0 Å². The van der Waals surface area contributed by atoms with Crippen molar-refractivity contribution < 1.29 is 24.6 Å². The molecule has 3 atom stereocenters. The first-order chi connectivity index (χ1) is 14.4. The molecule has 30 heavy (non-hydrogen) atoms. The average Bonchev–Trinajstić information content (AvgIpc) is 2.73. The summed E-state index contributed by atoms with van der Waals surface area (Å²) >= 11 is 4.29. The van der Waals surface area contributed by atoms with E-state index >= 15 is 0 Å². The van der Waals surface area contributed by atoms with Crippen LogP contribution in [-0.2, 0) is 27.2 Å². The molecule has 0 aromatic heterocycles. The van der Waals surface area contributed by atoms with Gasteiger partial charge in [0.05, 0.1) is 24.3 Å². The Bertz CT molecular complexity index is 832. The van der Waals surface area contributed by atoms with Crippen LogP contribution in [0, 0.1) is 0 Å². The van der Waals surface area contributed by atoms with Crippen molar-refractivity contribution in [2.45, 2.75) is 36.6 Å². The number of nitrogens with one attached hydrogen (secondary N) is 2. The number of benzene rings is 2. The monoisotopic (exact) mass is 430 g/mol. The Balaban J connectivity index is 1.99. The minimum Gasteiger partial charge on any atom is -0.481 e. The lowest BCUT2D eigenvalue weighted by atomic mass is 10.1. The van der Waals surface area contributed by atoms with Crippen LogP contribution in [0.15, 0.2) is 60.7 Å². The highest BCUT2D eigenvalue weighted by molar-refractivity contribution is 7.81. The van der Waals surface area contributed by atoms with Gasteiger partial charge in [0.25, 0.3) is 0 Å². The second-order valence-electron chi connectivity index (χ2n) is 6.94. The third kappa shape index (κ3) is 7.88. The van der Waals surface area contributed by atoms with E-state index in [0.29, 0.717) is 12.8 Å². The number of carbonyl (C=O) groups excluding carboxylic acids is 2. The zero-order valence-corrected chi connectivity index (χ0v) is 17.3. The second-order valence-corrected chi connectivity index (χ2v) is 7.57. The number of carboxylic acid groups (broad SMARTS) is 1. The maximum Gasteiger partial charge on any atom is 0.305 e. The van der Waals surface area contributed by atoms with Gasteiger partial charge in [0, 0.05) is 0 Å². The van der Waals surface area contributed by atoms with Gasteiger partial charge in [-0.05, 0) is 24.0 Å². The summed E-state index contributed by atoms with van der Waals surface area (Å²) < 4.78 is 0. The van der Waals surface area contributed by atoms with Crippen molar-refractivity contribution >= 4 is 30.4 Å². The van der Waals surface area contributed by atoms with Crippen LogP contribution in [0.5, 0.6) is 0 Å². The summed E-state index contributed by atoms with van der Waals surface area (Å²) in [5.41, 5.74) is 1.81. The Morgan fingerprint density at radius 1 is 0.833 bits per heavy atom. The Labute approximate surface area is 180 Å². The van der Waals surface area contributed by atoms with Gasteiger partial charge < -0.3 is 20.8 Å². The number of aliphatic hydroxyl groups is 1. The van der Waals surface area contributed by atoms with Crippen LogP contribution in [0.1, 0.15) is 17.5 Å². The van der Waals surface area contributed by atoms with E-state index < -0.39 is 41.5 Å². The standard InChI is InChI=1S/C22H26N2O5S/c25-14-17(11-15-7-3-1-4-8-15)23-21(28)18(13-20(26)27)24-22(29)19(30)12-16-9-5-2-6-10-16/h1-10,17-19,25,30H,11-14H2,(H,23,28)(H,24,29)(H,26,27). The predicted octanol–water partition coefficient (Wildman–Crippen LogP) is 1.21. The minimum absolute atomic E-state index is 0.322. The lowest BCUT2D eigenvalue weighted by molar-refractivity contribution is -0.140. The topological polar surface area (TPSA) is 116 Å². The molecule has 0 saturated heterocycles. The maximum absolute atomic E-state index is 12.6. The van der Waals surface area contributed by atoms with E-state index in [1.165, 1.54) is 0 Å². The molecule has 0 bridgehead atoms. The summed E-state index contributed by atoms with van der Waals surface area (Å²) in [6.07, 6.45) is 0.136. The summed E-state index contributed by atoms with van der Waals surface area (Å²) in [5, 5.41) is 23.1. The SMILES string of the molecule is O=C(O)CC(NC(=O)C(S)Cc1ccccc1)C(=O)NC(CO)Cc1ccccc1. The second kappa shape index (κ2) is 12.0. The van der Waals surface area contributed by atoms with Crippen LogP contribution < -0.4 is 10.6 Å². The van der Waals surface area contributed by atoms with Crippen molar-refractivity contribution in [2.24, 2.45) is 0 Å². The number of carbonyl (C=O) groups is 3. The van der Waals surface area contributed by atoms with Gasteiger partial charge in [0.2, 0.25) is 11.8 Å². The van der Waals surface area contributed by atoms with Crippen LogP contribution >= 0.6 is 12.6 Å². The molecule has 0 radical (unpaired) electrons. The number of rotatable bonds is 11. The average molecular weight is 431 g/mol. The molecule has 2 amide bonds. The highest BCUT2D eigenvalue weighted by Gasteiger charge is 2.27. The van der Waals surface area contributed by atoms with Gasteiger partial charge in [-0.2, -0.15) is 12.6 Å². The molecule has 0 heterocycles. The van der Waals surface area contributed by atoms with Crippen LogP contribution in [-0.4, -0.2) is 51.9 Å². The Kier molecular flexibility index (Phi) is 9.37. The van der Waals surface area contributed by atoms with Crippen molar-refractivity contribution in [1.82, 2.24) is 10.6 Å². The molecular weight excluding hydrogens is 404 g/mol. The van der Waals surface area contributed by atoms with Crippen molar-refractivity contribution in [3.8, 4) is 0 Å². The van der Waals surface area contributed by atoms with Gasteiger partial charge in [0.1, 0.15) is 6.04 Å². The fourth-order valence-electron chi connectivity index (χ4n) is 2.94. The van der Waals surface area contributed by atoms with Crippen molar-refractivity contribution in [3.05, 3.63) is 71.8 Å². The first-order valence-corrected chi connectivity index (χ1v) is 10.1. The summed E-state index contributed by atoms with van der Waals surface area (Å²) in [6.45, 7) is -0.322. The Morgan fingerprint density at radius 2 is 1.37 bits per heavy atom. The van der Waals surface area contributed by atoms with Crippen molar-refractivity contribution in [2.75, 3.05) is 6.61 Å². The van der Waals surface area contributed by atoms with E-state index in [2.05, 4.69) is 23.3 Å². The zero-order chi connectivity index (χ0) is 21.9. The maximum atomic E-state index is 12.6. The van der Waals surface area contributed by atoms with E-state index in [1.807, 2.05) is 60.7 Å². The largest absolute Gasteiger partial charge is 0.481 e. The van der Waals surface area contributed by atoms with E-state index in [0.717, 1.165) is 11.1 Å². The molecule has 0 aliphatic carbocycles. The summed E-state index contributed by atoms with van der Waals surface area (Å²) in [5.74, 6) is -2.42. The van der Waals surface area contributed by atoms with Crippen LogP contribution in [0.25, 0.3) is 0 Å². The van der Waals surface area contributed by atoms with E-state index in [9.17, 15) is 19.5 Å². The van der Waals surface area contributed by atoms with Crippen LogP contribution in [0.4, 0.5) is 0 Å². The fraction of sp³-hybridized carbons (Fsp3) is 0.318. The molecule has 2 rings (SSSR count). The third-order valence-electron chi connectivity index (χ3n) is 4.48. The first kappa shape index (κ1) is 23.4. The number of aliphatic carboxylic acids is 1. The van der Waals surface area contributed by atoms with Crippen molar-refractivity contribution in [3.63, 3.8) is 0 Å². The lowest BCUT2D eigenvalue weighted by Gasteiger charge is -2.23. The third-order valence-corrected chi connectivity index (χ3v) is 4.90. The molecule has 0 aliphatic heterocycles. The molecule has 4 N–H and O–H groups in total. The Hall–Kier alpha value is -2.84. The summed E-state index contributed by atoms with van der Waals surface area (Å²) in [6, 6.07) is 16.6. The van der Waals surface area contributed by atoms with Crippen LogP contribution in [0.3, 0.4) is 0 Å². The normalized spacial score (nSPS) is 13.7. The molecule has 160 valence electrons. The van der Waals surface area contributed by atoms with Gasteiger partial charge in [-0.3, -0.25) is 14.4 Å².